The number of amides is 2. The molecule has 0 unspecified atom stereocenters. The Balaban J connectivity index is 1.88. The fourth-order valence-corrected chi connectivity index (χ4v) is 2.86. The van der Waals surface area contributed by atoms with Gasteiger partial charge in [0.25, 0.3) is 0 Å². The predicted octanol–water partition coefficient (Wildman–Crippen LogP) is 2.31. The smallest absolute Gasteiger partial charge is 0.319 e. The molecule has 3 N–H and O–H groups in total. The average Bonchev–Trinajstić information content (AvgIpc) is 2.80. The lowest BCUT2D eigenvalue weighted by Crippen LogP contribution is -2.41. The Hall–Kier alpha value is -2.05. The van der Waals surface area contributed by atoms with Crippen LogP contribution in [0, 0.1) is 5.92 Å². The number of carbonyl (C=O) groups is 2. The van der Waals surface area contributed by atoms with Crippen molar-refractivity contribution in [1.82, 2.24) is 15.1 Å². The van der Waals surface area contributed by atoms with Crippen LogP contribution in [0.3, 0.4) is 0 Å². The van der Waals surface area contributed by atoms with Gasteiger partial charge in [-0.2, -0.15) is 5.10 Å². The van der Waals surface area contributed by atoms with Crippen molar-refractivity contribution < 1.29 is 14.7 Å². The summed E-state index contributed by atoms with van der Waals surface area (Å²) in [4.78, 5) is 23.0. The second-order valence-electron chi connectivity index (χ2n) is 6.24. The number of hydrogen-bond acceptors (Lipinski definition) is 3. The Kier molecular flexibility index (Phi) is 5.05. The van der Waals surface area contributed by atoms with E-state index in [0.29, 0.717) is 31.4 Å². The third-order valence-electron chi connectivity index (χ3n) is 4.06. The lowest BCUT2D eigenvalue weighted by molar-refractivity contribution is -0.142. The highest BCUT2D eigenvalue weighted by atomic mass is 16.4. The largest absolute Gasteiger partial charge is 0.481 e. The number of nitrogens with zero attached hydrogens (tertiary/aromatic N) is 2. The van der Waals surface area contributed by atoms with Gasteiger partial charge in [0, 0.05) is 19.3 Å². The van der Waals surface area contributed by atoms with E-state index in [9.17, 15) is 9.59 Å². The summed E-state index contributed by atoms with van der Waals surface area (Å²) in [6.45, 7) is 4.05. The molecule has 1 heterocycles. The number of urea groups is 1. The maximum atomic E-state index is 12.1. The monoisotopic (exact) mass is 308 g/mol. The normalized spacial score (nSPS) is 21.6. The summed E-state index contributed by atoms with van der Waals surface area (Å²) in [6, 6.07) is -0.219. The van der Waals surface area contributed by atoms with Gasteiger partial charge in [-0.05, 0) is 31.6 Å². The van der Waals surface area contributed by atoms with Gasteiger partial charge in [0.05, 0.1) is 17.3 Å². The number of aryl methyl sites for hydroxylation is 1. The van der Waals surface area contributed by atoms with Crippen LogP contribution in [0.1, 0.15) is 51.1 Å². The second-order valence-corrected chi connectivity index (χ2v) is 6.24. The molecule has 1 aromatic rings. The molecule has 1 fully saturated rings. The number of rotatable bonds is 4. The van der Waals surface area contributed by atoms with Crippen LogP contribution in [0.4, 0.5) is 10.5 Å². The Labute approximate surface area is 130 Å². The highest BCUT2D eigenvalue weighted by molar-refractivity contribution is 5.90. The van der Waals surface area contributed by atoms with Gasteiger partial charge in [0.1, 0.15) is 0 Å². The molecule has 0 saturated heterocycles. The zero-order chi connectivity index (χ0) is 16.3. The van der Waals surface area contributed by atoms with Gasteiger partial charge in [-0.25, -0.2) is 4.79 Å². The quantitative estimate of drug-likeness (QED) is 0.795. The van der Waals surface area contributed by atoms with E-state index in [1.807, 2.05) is 20.9 Å². The molecule has 1 aliphatic rings. The number of hydrogen-bond donors (Lipinski definition) is 3. The molecule has 122 valence electrons. The molecular formula is C15H24N4O3. The summed E-state index contributed by atoms with van der Waals surface area (Å²) >= 11 is 0. The van der Waals surface area contributed by atoms with Crippen LogP contribution in [0.25, 0.3) is 0 Å². The number of carboxylic acids is 1. The summed E-state index contributed by atoms with van der Waals surface area (Å²) in [6.07, 6.45) is 4.42. The molecule has 1 aromatic heterocycles. The summed E-state index contributed by atoms with van der Waals surface area (Å²) in [5, 5.41) is 19.1. The Bertz CT molecular complexity index is 545. The molecule has 0 atom stereocenters. The SMILES string of the molecule is CC(C)c1nn(C)cc1NC(=O)NC1CCC(C(=O)O)CC1. The molecule has 1 aliphatic carbocycles. The van der Waals surface area contributed by atoms with Gasteiger partial charge < -0.3 is 15.7 Å². The lowest BCUT2D eigenvalue weighted by atomic mass is 9.86. The molecule has 0 aliphatic heterocycles. The molecule has 1 saturated carbocycles. The Morgan fingerprint density at radius 1 is 1.32 bits per heavy atom. The van der Waals surface area contributed by atoms with Crippen LogP contribution >= 0.6 is 0 Å². The second kappa shape index (κ2) is 6.81. The van der Waals surface area contributed by atoms with Crippen LogP contribution in [0.15, 0.2) is 6.20 Å². The number of carbonyl (C=O) groups excluding carboxylic acids is 1. The molecule has 7 nitrogen and oxygen atoms in total. The van der Waals surface area contributed by atoms with Crippen LogP contribution in [-0.2, 0) is 11.8 Å². The molecule has 0 aromatic carbocycles. The molecule has 0 bridgehead atoms. The predicted molar refractivity (Wildman–Crippen MR) is 82.8 cm³/mol. The molecule has 0 spiro atoms. The van der Waals surface area contributed by atoms with Gasteiger partial charge in [-0.3, -0.25) is 9.48 Å². The van der Waals surface area contributed by atoms with E-state index in [4.69, 9.17) is 5.11 Å². The number of aromatic nitrogens is 2. The fraction of sp³-hybridized carbons (Fsp3) is 0.667. The Morgan fingerprint density at radius 3 is 2.50 bits per heavy atom. The number of anilines is 1. The highest BCUT2D eigenvalue weighted by Crippen LogP contribution is 2.25. The van der Waals surface area contributed by atoms with Crippen LogP contribution in [0.2, 0.25) is 0 Å². The molecule has 2 amide bonds. The van der Waals surface area contributed by atoms with Crippen LogP contribution < -0.4 is 10.6 Å². The first kappa shape index (κ1) is 16.3. The number of carboxylic acid groups (broad SMARTS) is 1. The van der Waals surface area contributed by atoms with Crippen LogP contribution in [-0.4, -0.2) is 32.9 Å². The van der Waals surface area contributed by atoms with Crippen molar-refractivity contribution in [3.63, 3.8) is 0 Å². The first-order chi connectivity index (χ1) is 10.4. The summed E-state index contributed by atoms with van der Waals surface area (Å²) in [5.41, 5.74) is 1.57. The first-order valence-electron chi connectivity index (χ1n) is 7.70. The lowest BCUT2D eigenvalue weighted by Gasteiger charge is -2.26. The van der Waals surface area contributed by atoms with Gasteiger partial charge in [0.15, 0.2) is 0 Å². The minimum absolute atomic E-state index is 0.0368. The maximum Gasteiger partial charge on any atom is 0.319 e. The minimum Gasteiger partial charge on any atom is -0.481 e. The number of aliphatic carboxylic acids is 1. The molecule has 22 heavy (non-hydrogen) atoms. The standard InChI is InChI=1S/C15H24N4O3/c1-9(2)13-12(8-19(3)18-13)17-15(22)16-11-6-4-10(5-7-11)14(20)21/h8-11H,4-7H2,1-3H3,(H,20,21)(H2,16,17,22). The van der Waals surface area contributed by atoms with Crippen molar-refractivity contribution in [1.29, 1.82) is 0 Å². The zero-order valence-electron chi connectivity index (χ0n) is 13.3. The van der Waals surface area contributed by atoms with Crippen molar-refractivity contribution in [3.05, 3.63) is 11.9 Å². The summed E-state index contributed by atoms with van der Waals surface area (Å²) in [7, 11) is 1.82. The maximum absolute atomic E-state index is 12.1. The molecule has 7 heteroatoms. The first-order valence-corrected chi connectivity index (χ1v) is 7.70. The fourth-order valence-electron chi connectivity index (χ4n) is 2.86. The van der Waals surface area contributed by atoms with Crippen molar-refractivity contribution in [3.8, 4) is 0 Å². The van der Waals surface area contributed by atoms with Gasteiger partial charge in [-0.15, -0.1) is 0 Å². The van der Waals surface area contributed by atoms with E-state index < -0.39 is 5.97 Å². The third-order valence-corrected chi connectivity index (χ3v) is 4.06. The average molecular weight is 308 g/mol. The van der Waals surface area contributed by atoms with E-state index in [1.165, 1.54) is 0 Å². The van der Waals surface area contributed by atoms with E-state index >= 15 is 0 Å². The van der Waals surface area contributed by atoms with Gasteiger partial charge in [0.2, 0.25) is 0 Å². The van der Waals surface area contributed by atoms with E-state index in [1.54, 1.807) is 10.9 Å². The minimum atomic E-state index is -0.736. The summed E-state index contributed by atoms with van der Waals surface area (Å²) in [5.74, 6) is -0.783. The highest BCUT2D eigenvalue weighted by Gasteiger charge is 2.27. The van der Waals surface area contributed by atoms with E-state index in [0.717, 1.165) is 5.69 Å². The van der Waals surface area contributed by atoms with Crippen molar-refractivity contribution >= 4 is 17.7 Å². The van der Waals surface area contributed by atoms with Crippen molar-refractivity contribution in [2.24, 2.45) is 13.0 Å². The summed E-state index contributed by atoms with van der Waals surface area (Å²) < 4.78 is 1.68. The van der Waals surface area contributed by atoms with Crippen molar-refractivity contribution in [2.75, 3.05) is 5.32 Å². The van der Waals surface area contributed by atoms with Gasteiger partial charge >= 0.3 is 12.0 Å². The van der Waals surface area contributed by atoms with Crippen LogP contribution in [0.5, 0.6) is 0 Å². The molecule has 2 rings (SSSR count). The number of nitrogens with one attached hydrogen (secondary N) is 2. The molecule has 0 radical (unpaired) electrons. The molecular weight excluding hydrogens is 284 g/mol. The zero-order valence-corrected chi connectivity index (χ0v) is 13.3. The van der Waals surface area contributed by atoms with Crippen molar-refractivity contribution in [2.45, 2.75) is 51.5 Å². The van der Waals surface area contributed by atoms with E-state index in [-0.39, 0.29) is 23.9 Å². The van der Waals surface area contributed by atoms with Gasteiger partial charge in [-0.1, -0.05) is 13.8 Å². The third kappa shape index (κ3) is 3.99. The van der Waals surface area contributed by atoms with E-state index in [2.05, 4.69) is 15.7 Å². The topological polar surface area (TPSA) is 96.3 Å². The Morgan fingerprint density at radius 2 is 1.95 bits per heavy atom.